The molecule has 0 heterocycles. The van der Waals surface area contributed by atoms with Crippen LogP contribution >= 0.6 is 7.37 Å². The van der Waals surface area contributed by atoms with E-state index in [1.807, 2.05) is 6.92 Å². The molecule has 0 aromatic rings. The summed E-state index contributed by atoms with van der Waals surface area (Å²) in [6.07, 6.45) is 1.07. The fourth-order valence-electron chi connectivity index (χ4n) is 0.406. The van der Waals surface area contributed by atoms with E-state index in [4.69, 9.17) is 0 Å². The van der Waals surface area contributed by atoms with E-state index in [0.717, 1.165) is 6.42 Å². The molecule has 0 spiro atoms. The number of hydrogen-bond donors (Lipinski definition) is 0. The molecule has 4 heteroatoms. The third-order valence-corrected chi connectivity index (χ3v) is 1.89. The summed E-state index contributed by atoms with van der Waals surface area (Å²) in [6.45, 7) is 3.13. The van der Waals surface area contributed by atoms with Crippen LogP contribution in [0.5, 0.6) is 0 Å². The predicted molar refractivity (Wildman–Crippen MR) is 28.7 cm³/mol. The van der Waals surface area contributed by atoms with E-state index in [9.17, 15) is 9.46 Å². The summed E-state index contributed by atoms with van der Waals surface area (Å²) in [7, 11) is -2.92. The number of hydrogen-bond acceptors (Lipinski definition) is 2. The summed E-state index contributed by atoms with van der Waals surface area (Å²) in [4.78, 5) is 10.3. The summed E-state index contributed by atoms with van der Waals surface area (Å²) in [6, 6.07) is 0. The Kier molecular flexibility index (Phi) is 8.75. The Bertz CT molecular complexity index is 88.0. The smallest absolute Gasteiger partial charge is 0.799 e. The maximum atomic E-state index is 10.3. The Morgan fingerprint density at radius 1 is 1.62 bits per heavy atom. The molecule has 0 fully saturated rings. The van der Waals surface area contributed by atoms with Gasteiger partial charge in [-0.25, -0.2) is 0 Å². The second-order valence-electron chi connectivity index (χ2n) is 1.74. The topological polar surface area (TPSA) is 40.1 Å². The summed E-state index contributed by atoms with van der Waals surface area (Å²) in [5.74, 6) is 0. The molecule has 2 nitrogen and oxygen atoms in total. The monoisotopic (exact) mass is 160 g/mol. The summed E-state index contributed by atoms with van der Waals surface area (Å²) in [5.41, 5.74) is 0. The van der Waals surface area contributed by atoms with Gasteiger partial charge in [0.25, 0.3) is 0 Å². The van der Waals surface area contributed by atoms with E-state index in [0.29, 0.717) is 6.16 Å². The predicted octanol–water partition coefficient (Wildman–Crippen LogP) is -2.33. The molecule has 44 valence electrons. The molecule has 0 bridgehead atoms. The molecule has 0 rings (SSSR count). The molecule has 0 aliphatic carbocycles. The van der Waals surface area contributed by atoms with Crippen LogP contribution in [0.2, 0.25) is 0 Å². The molecular weight excluding hydrogens is 150 g/mol. The van der Waals surface area contributed by atoms with Crippen LogP contribution in [-0.2, 0) is 4.57 Å². The van der Waals surface area contributed by atoms with Crippen LogP contribution in [0.25, 0.3) is 0 Å². The third kappa shape index (κ3) is 10.7. The standard InChI is InChI=1S/C4H11O2P.K/c1-3-4-7(2,5)6;/h3-4H2,1-2H3,(H,5,6);/q;+1/p-1. The van der Waals surface area contributed by atoms with Gasteiger partial charge >= 0.3 is 51.4 Å². The van der Waals surface area contributed by atoms with Crippen molar-refractivity contribution in [3.05, 3.63) is 0 Å². The molecule has 0 radical (unpaired) electrons. The van der Waals surface area contributed by atoms with Gasteiger partial charge in [-0.1, -0.05) is 13.3 Å². The second kappa shape index (κ2) is 5.60. The van der Waals surface area contributed by atoms with Crippen molar-refractivity contribution in [2.45, 2.75) is 13.3 Å². The summed E-state index contributed by atoms with van der Waals surface area (Å²) >= 11 is 0. The first kappa shape index (κ1) is 12.5. The van der Waals surface area contributed by atoms with E-state index < -0.39 is 7.37 Å². The molecule has 8 heavy (non-hydrogen) atoms. The SMILES string of the molecule is CCCP(C)(=O)[O-].[K+]. The van der Waals surface area contributed by atoms with Gasteiger partial charge in [0.05, 0.1) is 0 Å². The quantitative estimate of drug-likeness (QED) is 0.336. The van der Waals surface area contributed by atoms with Crippen molar-refractivity contribution in [3.63, 3.8) is 0 Å². The van der Waals surface area contributed by atoms with Crippen LogP contribution in [0.3, 0.4) is 0 Å². The largest absolute Gasteiger partial charge is 1.00 e. The molecule has 0 aromatic heterocycles. The van der Waals surface area contributed by atoms with E-state index in [-0.39, 0.29) is 51.4 Å². The zero-order valence-electron chi connectivity index (χ0n) is 5.68. The van der Waals surface area contributed by atoms with E-state index >= 15 is 0 Å². The van der Waals surface area contributed by atoms with Crippen molar-refractivity contribution in [1.82, 2.24) is 0 Å². The van der Waals surface area contributed by atoms with Gasteiger partial charge in [0.15, 0.2) is 0 Å². The van der Waals surface area contributed by atoms with Gasteiger partial charge in [-0.3, -0.25) is 0 Å². The first-order valence-electron chi connectivity index (χ1n) is 2.34. The zero-order valence-corrected chi connectivity index (χ0v) is 9.70. The Labute approximate surface area is 92.9 Å². The summed E-state index contributed by atoms with van der Waals surface area (Å²) in [5, 5.41) is 0. The maximum Gasteiger partial charge on any atom is 1.00 e. The number of rotatable bonds is 2. The van der Waals surface area contributed by atoms with Gasteiger partial charge < -0.3 is 9.46 Å². The van der Waals surface area contributed by atoms with E-state index in [1.165, 1.54) is 6.66 Å². The minimum absolute atomic E-state index is 0. The molecule has 0 saturated heterocycles. The van der Waals surface area contributed by atoms with Crippen LogP contribution in [0, 0.1) is 0 Å². The minimum Gasteiger partial charge on any atom is -0.799 e. The molecule has 0 saturated carbocycles. The first-order valence-corrected chi connectivity index (χ1v) is 4.59. The normalized spacial score (nSPS) is 16.4. The molecule has 0 N–H and O–H groups in total. The van der Waals surface area contributed by atoms with Crippen molar-refractivity contribution in [2.75, 3.05) is 12.8 Å². The Morgan fingerprint density at radius 3 is 2.00 bits per heavy atom. The van der Waals surface area contributed by atoms with E-state index in [2.05, 4.69) is 0 Å². The van der Waals surface area contributed by atoms with Gasteiger partial charge in [0.2, 0.25) is 0 Å². The van der Waals surface area contributed by atoms with Crippen molar-refractivity contribution < 1.29 is 60.8 Å². The van der Waals surface area contributed by atoms with Gasteiger partial charge in [0, 0.05) is 7.37 Å². The van der Waals surface area contributed by atoms with Crippen molar-refractivity contribution in [3.8, 4) is 0 Å². The molecule has 0 aromatic carbocycles. The van der Waals surface area contributed by atoms with Gasteiger partial charge in [-0.15, -0.1) is 0 Å². The van der Waals surface area contributed by atoms with Crippen molar-refractivity contribution in [2.24, 2.45) is 0 Å². The second-order valence-corrected chi connectivity index (χ2v) is 4.21. The Morgan fingerprint density at radius 2 is 2.00 bits per heavy atom. The Hall–Kier alpha value is 1.83. The molecule has 1 atom stereocenters. The molecule has 1 unspecified atom stereocenters. The fraction of sp³-hybridized carbons (Fsp3) is 1.00. The molecular formula is C4H10KO2P. The Balaban J connectivity index is 0. The van der Waals surface area contributed by atoms with Crippen molar-refractivity contribution >= 4 is 7.37 Å². The van der Waals surface area contributed by atoms with Gasteiger partial charge in [0.1, 0.15) is 0 Å². The van der Waals surface area contributed by atoms with Crippen LogP contribution < -0.4 is 56.3 Å². The average molecular weight is 160 g/mol. The minimum atomic E-state index is -2.92. The molecule has 0 aliphatic heterocycles. The first-order chi connectivity index (χ1) is 3.06. The average Bonchev–Trinajstić information content (AvgIpc) is 1.30. The van der Waals surface area contributed by atoms with Gasteiger partial charge in [-0.05, 0) is 12.8 Å². The zero-order chi connectivity index (χ0) is 5.91. The van der Waals surface area contributed by atoms with Crippen molar-refractivity contribution in [1.29, 1.82) is 0 Å². The summed E-state index contributed by atoms with van der Waals surface area (Å²) < 4.78 is 10.3. The molecule has 0 amide bonds. The van der Waals surface area contributed by atoms with E-state index in [1.54, 1.807) is 0 Å². The molecule has 0 aliphatic rings. The van der Waals surface area contributed by atoms with Gasteiger partial charge in [-0.2, -0.15) is 0 Å². The third-order valence-electron chi connectivity index (χ3n) is 0.630. The fourth-order valence-corrected chi connectivity index (χ4v) is 1.22. The van der Waals surface area contributed by atoms with Crippen LogP contribution in [0.15, 0.2) is 0 Å². The maximum absolute atomic E-state index is 10.3. The van der Waals surface area contributed by atoms with Crippen LogP contribution in [0.4, 0.5) is 0 Å². The van der Waals surface area contributed by atoms with Crippen LogP contribution in [-0.4, -0.2) is 12.8 Å². The van der Waals surface area contributed by atoms with Crippen LogP contribution in [0.1, 0.15) is 13.3 Å².